The molecule has 108 valence electrons. The van der Waals surface area contributed by atoms with Gasteiger partial charge in [0.1, 0.15) is 0 Å². The second kappa shape index (κ2) is 8.80. The Morgan fingerprint density at radius 1 is 1.21 bits per heavy atom. The summed E-state index contributed by atoms with van der Waals surface area (Å²) >= 11 is 12.5. The SMILES string of the molecule is CCCCC(CC)CC(NN)c1c(Cl)cccc1Cl. The van der Waals surface area contributed by atoms with Gasteiger partial charge in [0, 0.05) is 21.7 Å². The minimum Gasteiger partial charge on any atom is -0.271 e. The second-order valence-corrected chi connectivity index (χ2v) is 5.82. The van der Waals surface area contributed by atoms with Gasteiger partial charge in [-0.2, -0.15) is 0 Å². The highest BCUT2D eigenvalue weighted by atomic mass is 35.5. The number of nitrogens with one attached hydrogen (secondary N) is 1. The number of benzene rings is 1. The Morgan fingerprint density at radius 2 is 1.84 bits per heavy atom. The van der Waals surface area contributed by atoms with Gasteiger partial charge in [-0.15, -0.1) is 0 Å². The Bertz CT molecular complexity index is 362. The maximum atomic E-state index is 6.25. The average Bonchev–Trinajstić information content (AvgIpc) is 2.41. The van der Waals surface area contributed by atoms with Crippen LogP contribution in [0.2, 0.25) is 10.0 Å². The van der Waals surface area contributed by atoms with Crippen LogP contribution in [0.15, 0.2) is 18.2 Å². The molecule has 0 aliphatic heterocycles. The highest BCUT2D eigenvalue weighted by Gasteiger charge is 2.20. The lowest BCUT2D eigenvalue weighted by Gasteiger charge is -2.24. The minimum atomic E-state index is 0.0167. The van der Waals surface area contributed by atoms with Crippen molar-refractivity contribution in [1.29, 1.82) is 0 Å². The number of hydrogen-bond acceptors (Lipinski definition) is 2. The van der Waals surface area contributed by atoms with E-state index in [4.69, 9.17) is 29.0 Å². The Balaban J connectivity index is 2.82. The number of unbranched alkanes of at least 4 members (excludes halogenated alkanes) is 1. The number of hydrogen-bond donors (Lipinski definition) is 2. The van der Waals surface area contributed by atoms with Crippen LogP contribution in [0.1, 0.15) is 57.6 Å². The molecule has 0 radical (unpaired) electrons. The third-order valence-corrected chi connectivity index (χ3v) is 4.32. The summed E-state index contributed by atoms with van der Waals surface area (Å²) in [6.07, 6.45) is 5.83. The summed E-state index contributed by atoms with van der Waals surface area (Å²) in [5.41, 5.74) is 3.79. The zero-order valence-corrected chi connectivity index (χ0v) is 13.3. The quantitative estimate of drug-likeness (QED) is 0.517. The van der Waals surface area contributed by atoms with E-state index in [-0.39, 0.29) is 6.04 Å². The molecule has 0 aliphatic carbocycles. The maximum Gasteiger partial charge on any atom is 0.0492 e. The van der Waals surface area contributed by atoms with Gasteiger partial charge in [0.2, 0.25) is 0 Å². The Kier molecular flexibility index (Phi) is 7.77. The molecule has 0 aliphatic rings. The van der Waals surface area contributed by atoms with Crippen molar-refractivity contribution in [2.45, 2.75) is 52.0 Å². The molecule has 1 aromatic rings. The molecule has 19 heavy (non-hydrogen) atoms. The van der Waals surface area contributed by atoms with Gasteiger partial charge in [0.15, 0.2) is 0 Å². The van der Waals surface area contributed by atoms with Gasteiger partial charge in [-0.05, 0) is 24.5 Å². The molecule has 0 fully saturated rings. The van der Waals surface area contributed by atoms with Crippen LogP contribution in [-0.2, 0) is 0 Å². The highest BCUT2D eigenvalue weighted by Crippen LogP contribution is 2.34. The molecule has 4 heteroatoms. The van der Waals surface area contributed by atoms with E-state index in [2.05, 4.69) is 19.3 Å². The zero-order valence-electron chi connectivity index (χ0n) is 11.8. The summed E-state index contributed by atoms with van der Waals surface area (Å²) in [6, 6.07) is 5.60. The first-order chi connectivity index (χ1) is 9.13. The van der Waals surface area contributed by atoms with Gasteiger partial charge in [-0.3, -0.25) is 11.3 Å². The van der Waals surface area contributed by atoms with Crippen LogP contribution in [0.25, 0.3) is 0 Å². The van der Waals surface area contributed by atoms with Crippen LogP contribution in [0.3, 0.4) is 0 Å². The van der Waals surface area contributed by atoms with E-state index < -0.39 is 0 Å². The molecule has 0 saturated heterocycles. The largest absolute Gasteiger partial charge is 0.271 e. The Hall–Kier alpha value is -0.280. The van der Waals surface area contributed by atoms with Crippen molar-refractivity contribution in [2.75, 3.05) is 0 Å². The summed E-state index contributed by atoms with van der Waals surface area (Å²) in [5, 5.41) is 1.36. The van der Waals surface area contributed by atoms with E-state index in [9.17, 15) is 0 Å². The minimum absolute atomic E-state index is 0.0167. The molecule has 0 heterocycles. The highest BCUT2D eigenvalue weighted by molar-refractivity contribution is 6.36. The first-order valence-electron chi connectivity index (χ1n) is 7.04. The van der Waals surface area contributed by atoms with Gasteiger partial charge in [-0.1, -0.05) is 68.8 Å². The van der Waals surface area contributed by atoms with Crippen LogP contribution < -0.4 is 11.3 Å². The second-order valence-electron chi connectivity index (χ2n) is 5.01. The molecule has 2 unspecified atom stereocenters. The summed E-state index contributed by atoms with van der Waals surface area (Å²) in [5.74, 6) is 6.35. The van der Waals surface area contributed by atoms with Gasteiger partial charge in [0.05, 0.1) is 0 Å². The van der Waals surface area contributed by atoms with Gasteiger partial charge >= 0.3 is 0 Å². The fourth-order valence-electron chi connectivity index (χ4n) is 2.43. The first-order valence-corrected chi connectivity index (χ1v) is 7.79. The molecule has 0 bridgehead atoms. The van der Waals surface area contributed by atoms with E-state index in [1.165, 1.54) is 19.3 Å². The third kappa shape index (κ3) is 4.96. The van der Waals surface area contributed by atoms with E-state index in [1.807, 2.05) is 18.2 Å². The predicted octanol–water partition coefficient (Wildman–Crippen LogP) is 5.10. The van der Waals surface area contributed by atoms with E-state index >= 15 is 0 Å². The normalized spacial score (nSPS) is 14.4. The zero-order chi connectivity index (χ0) is 14.3. The van der Waals surface area contributed by atoms with Crippen molar-refractivity contribution in [2.24, 2.45) is 11.8 Å². The van der Waals surface area contributed by atoms with Crippen LogP contribution in [-0.4, -0.2) is 0 Å². The molecule has 2 nitrogen and oxygen atoms in total. The Morgan fingerprint density at radius 3 is 2.32 bits per heavy atom. The standard InChI is InChI=1S/C15H24Cl2N2/c1-3-5-7-11(4-2)10-14(19-18)15-12(16)8-6-9-13(15)17/h6,8-9,11,14,19H,3-5,7,10,18H2,1-2H3. The predicted molar refractivity (Wildman–Crippen MR) is 84.4 cm³/mol. The summed E-state index contributed by atoms with van der Waals surface area (Å²) in [4.78, 5) is 0. The molecular formula is C15H24Cl2N2. The molecule has 0 spiro atoms. The molecule has 0 amide bonds. The van der Waals surface area contributed by atoms with Crippen molar-refractivity contribution in [1.82, 2.24) is 5.43 Å². The fourth-order valence-corrected chi connectivity index (χ4v) is 3.09. The molecular weight excluding hydrogens is 279 g/mol. The van der Waals surface area contributed by atoms with Crippen molar-refractivity contribution in [3.05, 3.63) is 33.8 Å². The first kappa shape index (κ1) is 16.8. The third-order valence-electron chi connectivity index (χ3n) is 3.66. The van der Waals surface area contributed by atoms with Gasteiger partial charge in [0.25, 0.3) is 0 Å². The number of hydrazine groups is 1. The lowest BCUT2D eigenvalue weighted by molar-refractivity contribution is 0.356. The summed E-state index contributed by atoms with van der Waals surface area (Å²) in [7, 11) is 0. The van der Waals surface area contributed by atoms with Crippen molar-refractivity contribution < 1.29 is 0 Å². The monoisotopic (exact) mass is 302 g/mol. The van der Waals surface area contributed by atoms with Gasteiger partial charge in [-0.25, -0.2) is 0 Å². The lowest BCUT2D eigenvalue weighted by Crippen LogP contribution is -2.30. The van der Waals surface area contributed by atoms with E-state index in [0.717, 1.165) is 18.4 Å². The van der Waals surface area contributed by atoms with Crippen LogP contribution in [0.5, 0.6) is 0 Å². The average molecular weight is 303 g/mol. The summed E-state index contributed by atoms with van der Waals surface area (Å²) < 4.78 is 0. The van der Waals surface area contributed by atoms with E-state index in [1.54, 1.807) is 0 Å². The molecule has 1 aromatic carbocycles. The van der Waals surface area contributed by atoms with E-state index in [0.29, 0.717) is 16.0 Å². The molecule has 1 rings (SSSR count). The van der Waals surface area contributed by atoms with Crippen molar-refractivity contribution in [3.8, 4) is 0 Å². The molecule has 3 N–H and O–H groups in total. The van der Waals surface area contributed by atoms with Gasteiger partial charge < -0.3 is 0 Å². The smallest absolute Gasteiger partial charge is 0.0492 e. The van der Waals surface area contributed by atoms with Crippen LogP contribution in [0.4, 0.5) is 0 Å². The molecule has 0 aromatic heterocycles. The van der Waals surface area contributed by atoms with Crippen LogP contribution in [0, 0.1) is 5.92 Å². The topological polar surface area (TPSA) is 38.0 Å². The number of nitrogens with two attached hydrogens (primary N) is 1. The summed E-state index contributed by atoms with van der Waals surface area (Å²) in [6.45, 7) is 4.44. The Labute approximate surface area is 126 Å². The fraction of sp³-hybridized carbons (Fsp3) is 0.600. The number of halogens is 2. The van der Waals surface area contributed by atoms with Crippen molar-refractivity contribution >= 4 is 23.2 Å². The molecule has 0 saturated carbocycles. The van der Waals surface area contributed by atoms with Crippen LogP contribution >= 0.6 is 23.2 Å². The lowest BCUT2D eigenvalue weighted by atomic mass is 9.89. The molecule has 2 atom stereocenters. The van der Waals surface area contributed by atoms with Crippen molar-refractivity contribution in [3.63, 3.8) is 0 Å². The maximum absolute atomic E-state index is 6.25. The number of rotatable bonds is 8.